The first-order valence-electron chi connectivity index (χ1n) is 11.1. The zero-order valence-electron chi connectivity index (χ0n) is 17.5. The Hall–Kier alpha value is -3.28. The Labute approximate surface area is 179 Å². The van der Waals surface area contributed by atoms with E-state index in [-0.39, 0.29) is 22.8 Å². The van der Waals surface area contributed by atoms with Gasteiger partial charge in [-0.25, -0.2) is 4.98 Å². The fourth-order valence-electron chi connectivity index (χ4n) is 5.47. The molecule has 0 unspecified atom stereocenters. The van der Waals surface area contributed by atoms with Gasteiger partial charge in [0, 0.05) is 23.4 Å². The van der Waals surface area contributed by atoms with Gasteiger partial charge in [-0.15, -0.1) is 0 Å². The normalized spacial score (nSPS) is 22.2. The molecule has 0 spiro atoms. The number of aryl methyl sites for hydroxylation is 1. The molecule has 2 aromatic heterocycles. The molecule has 6 heteroatoms. The number of hydrogen-bond acceptors (Lipinski definition) is 4. The lowest BCUT2D eigenvalue weighted by Gasteiger charge is -2.30. The number of carbonyl (C=O) groups excluding carboxylic acids is 2. The first kappa shape index (κ1) is 18.5. The highest BCUT2D eigenvalue weighted by molar-refractivity contribution is 6.48. The Balaban J connectivity index is 1.78. The lowest BCUT2D eigenvalue weighted by Crippen LogP contribution is -2.41. The number of nitrogens with zero attached hydrogens (tertiary/aromatic N) is 3. The van der Waals surface area contributed by atoms with Crippen LogP contribution in [0.3, 0.4) is 0 Å². The molecule has 6 nitrogen and oxygen atoms in total. The number of likely N-dealkylation sites (N-methyl/N-ethyl adjacent to an activating group) is 1. The van der Waals surface area contributed by atoms with Crippen LogP contribution < -0.4 is 10.8 Å². The zero-order valence-corrected chi connectivity index (χ0v) is 17.5. The third-order valence-corrected chi connectivity index (χ3v) is 7.00. The zero-order chi connectivity index (χ0) is 21.3. The van der Waals surface area contributed by atoms with E-state index in [2.05, 4.69) is 0 Å². The largest absolute Gasteiger partial charge is 0.311 e. The van der Waals surface area contributed by atoms with Crippen LogP contribution in [0.1, 0.15) is 54.6 Å². The van der Waals surface area contributed by atoms with Crippen LogP contribution in [0, 0.1) is 0 Å². The number of ketones is 1. The number of carbonyl (C=O) groups is 2. The van der Waals surface area contributed by atoms with Gasteiger partial charge in [0.2, 0.25) is 5.78 Å². The van der Waals surface area contributed by atoms with Gasteiger partial charge in [0.15, 0.2) is 0 Å². The van der Waals surface area contributed by atoms with E-state index in [9.17, 15) is 14.4 Å². The minimum Gasteiger partial charge on any atom is -0.311 e. The lowest BCUT2D eigenvalue weighted by atomic mass is 9.87. The topological polar surface area (TPSA) is 71.8 Å². The van der Waals surface area contributed by atoms with Crippen molar-refractivity contribution in [1.29, 1.82) is 0 Å². The number of likely N-dealkylation sites (tertiary alicyclic amines) is 1. The van der Waals surface area contributed by atoms with Crippen molar-refractivity contribution in [3.63, 3.8) is 0 Å². The second-order valence-corrected chi connectivity index (χ2v) is 8.74. The number of Topliss-reactive ketones (excluding diaryl/α,β-unsaturated/α-hetero) is 1. The van der Waals surface area contributed by atoms with E-state index in [1.807, 2.05) is 24.3 Å². The third-order valence-electron chi connectivity index (χ3n) is 7.00. The molecule has 31 heavy (non-hydrogen) atoms. The number of rotatable bonds is 0. The van der Waals surface area contributed by atoms with Gasteiger partial charge >= 0.3 is 0 Å². The molecular weight excluding hydrogens is 390 g/mol. The monoisotopic (exact) mass is 413 g/mol. The minimum atomic E-state index is -0.313. The summed E-state index contributed by atoms with van der Waals surface area (Å²) in [5.41, 5.74) is 5.13. The van der Waals surface area contributed by atoms with Gasteiger partial charge < -0.3 is 4.90 Å². The van der Waals surface area contributed by atoms with Crippen molar-refractivity contribution in [3.05, 3.63) is 67.6 Å². The summed E-state index contributed by atoms with van der Waals surface area (Å²) in [4.78, 5) is 47.0. The summed E-state index contributed by atoms with van der Waals surface area (Å²) in [6, 6.07) is 0. The van der Waals surface area contributed by atoms with E-state index < -0.39 is 0 Å². The first-order valence-corrected chi connectivity index (χ1v) is 11.1. The lowest BCUT2D eigenvalue weighted by molar-refractivity contribution is -0.125. The summed E-state index contributed by atoms with van der Waals surface area (Å²) in [5.74, 6) is -0.557. The number of aromatic nitrogens is 2. The Kier molecular flexibility index (Phi) is 3.94. The first-order chi connectivity index (χ1) is 15.1. The molecule has 1 fully saturated rings. The van der Waals surface area contributed by atoms with E-state index in [0.29, 0.717) is 28.6 Å². The number of amides is 1. The van der Waals surface area contributed by atoms with E-state index >= 15 is 0 Å². The van der Waals surface area contributed by atoms with Gasteiger partial charge in [-0.05, 0) is 63.0 Å². The summed E-state index contributed by atoms with van der Waals surface area (Å²) in [6.45, 7) is 0. The second kappa shape index (κ2) is 6.61. The molecule has 2 aromatic rings. The SMILES string of the molecule is CN1C(=O)/C(=c2/c3c(n4c(=O)c5c(nc24)CCCC5)C=CCC3)C(=O)C2=CCCC=C21. The van der Waals surface area contributed by atoms with Crippen LogP contribution in [-0.2, 0) is 28.9 Å². The molecule has 0 N–H and O–H groups in total. The quantitative estimate of drug-likeness (QED) is 0.663. The number of allylic oxidation sites excluding steroid dienone is 4. The van der Waals surface area contributed by atoms with Crippen LogP contribution in [-0.4, -0.2) is 33.0 Å². The summed E-state index contributed by atoms with van der Waals surface area (Å²) in [7, 11) is 1.72. The van der Waals surface area contributed by atoms with Crippen molar-refractivity contribution in [2.24, 2.45) is 0 Å². The highest BCUT2D eigenvalue weighted by Gasteiger charge is 2.38. The Morgan fingerprint density at radius 1 is 0.935 bits per heavy atom. The summed E-state index contributed by atoms with van der Waals surface area (Å²) in [6.07, 6.45) is 14.5. The molecule has 1 saturated heterocycles. The molecule has 3 aliphatic carbocycles. The molecule has 0 aromatic carbocycles. The van der Waals surface area contributed by atoms with E-state index in [1.165, 1.54) is 0 Å². The molecule has 0 saturated carbocycles. The van der Waals surface area contributed by atoms with E-state index in [1.54, 1.807) is 16.3 Å². The highest BCUT2D eigenvalue weighted by atomic mass is 16.2. The number of hydrogen-bond donors (Lipinski definition) is 0. The standard InChI is InChI=1S/C25H23N3O3/c1-27-18-12-6-4-10-16(18)22(29)21(25(27)31)20-15-9-3-7-13-19(15)28-23(20)26-17-11-5-2-8-14(17)24(28)30/h7,10,12-13H,2-6,8-9,11H2,1H3/b21-20-. The minimum absolute atomic E-state index is 0.0455. The fraction of sp³-hybridized carbons (Fsp3) is 0.360. The molecule has 0 bridgehead atoms. The summed E-state index contributed by atoms with van der Waals surface area (Å²) in [5, 5.41) is 0.567. The predicted molar refractivity (Wildman–Crippen MR) is 117 cm³/mol. The average molecular weight is 413 g/mol. The number of piperidine rings is 1. The van der Waals surface area contributed by atoms with Crippen molar-refractivity contribution >= 4 is 29.0 Å². The molecule has 3 heterocycles. The van der Waals surface area contributed by atoms with Crippen molar-refractivity contribution in [1.82, 2.24) is 14.3 Å². The van der Waals surface area contributed by atoms with Crippen molar-refractivity contribution < 1.29 is 9.59 Å². The van der Waals surface area contributed by atoms with Crippen molar-refractivity contribution in [2.45, 2.75) is 51.4 Å². The van der Waals surface area contributed by atoms with Gasteiger partial charge in [-0.1, -0.05) is 18.2 Å². The van der Waals surface area contributed by atoms with Gasteiger partial charge in [0.25, 0.3) is 11.5 Å². The maximum atomic E-state index is 13.6. The average Bonchev–Trinajstić information content (AvgIpc) is 3.12. The van der Waals surface area contributed by atoms with Crippen LogP contribution in [0.25, 0.3) is 17.3 Å². The van der Waals surface area contributed by atoms with Gasteiger partial charge in [0.05, 0.1) is 22.7 Å². The molecular formula is C25H23N3O3. The molecule has 0 radical (unpaired) electrons. The van der Waals surface area contributed by atoms with Crippen molar-refractivity contribution in [2.75, 3.05) is 7.05 Å². The Morgan fingerprint density at radius 2 is 1.74 bits per heavy atom. The maximum absolute atomic E-state index is 13.6. The van der Waals surface area contributed by atoms with Gasteiger partial charge in [-0.2, -0.15) is 0 Å². The highest BCUT2D eigenvalue weighted by Crippen LogP contribution is 2.32. The van der Waals surface area contributed by atoms with Crippen LogP contribution in [0.4, 0.5) is 0 Å². The summed E-state index contributed by atoms with van der Waals surface area (Å²) < 4.78 is 1.65. The Morgan fingerprint density at radius 3 is 2.61 bits per heavy atom. The molecule has 0 atom stereocenters. The third kappa shape index (κ3) is 2.44. The maximum Gasteiger partial charge on any atom is 0.262 e. The smallest absolute Gasteiger partial charge is 0.262 e. The molecule has 6 rings (SSSR count). The summed E-state index contributed by atoms with van der Waals surface area (Å²) >= 11 is 0. The Bertz CT molecular complexity index is 1400. The molecule has 156 valence electrons. The van der Waals surface area contributed by atoms with Crippen molar-refractivity contribution in [3.8, 4) is 0 Å². The fourth-order valence-corrected chi connectivity index (χ4v) is 5.47. The van der Waals surface area contributed by atoms with Gasteiger partial charge in [-0.3, -0.25) is 18.8 Å². The van der Waals surface area contributed by atoms with Gasteiger partial charge in [0.1, 0.15) is 5.65 Å². The predicted octanol–water partition coefficient (Wildman–Crippen LogP) is 2.05. The van der Waals surface area contributed by atoms with E-state index in [0.717, 1.165) is 67.5 Å². The molecule has 1 aliphatic heterocycles. The second-order valence-electron chi connectivity index (χ2n) is 8.74. The van der Waals surface area contributed by atoms with Crippen LogP contribution in [0.15, 0.2) is 34.3 Å². The van der Waals surface area contributed by atoms with E-state index in [4.69, 9.17) is 4.98 Å². The van der Waals surface area contributed by atoms with Crippen LogP contribution in [0.2, 0.25) is 0 Å². The van der Waals surface area contributed by atoms with Crippen LogP contribution >= 0.6 is 0 Å². The molecule has 1 amide bonds. The molecule has 4 aliphatic rings. The van der Waals surface area contributed by atoms with Crippen LogP contribution in [0.5, 0.6) is 0 Å². The number of fused-ring (bicyclic) bond motifs is 5.